The number of hydrogen-bond acceptors (Lipinski definition) is 4. The van der Waals surface area contributed by atoms with Crippen LogP contribution in [0.5, 0.6) is 0 Å². The molecular weight excluding hydrogens is 266 g/mol. The second kappa shape index (κ2) is 4.86. The van der Waals surface area contributed by atoms with E-state index in [1.807, 2.05) is 13.0 Å². The first-order chi connectivity index (χ1) is 8.75. The maximum atomic E-state index is 6.24. The van der Waals surface area contributed by atoms with Crippen LogP contribution in [0.15, 0.2) is 23.8 Å². The van der Waals surface area contributed by atoms with Gasteiger partial charge in [0.05, 0.1) is 27.5 Å². The fourth-order valence-electron chi connectivity index (χ4n) is 2.50. The van der Waals surface area contributed by atoms with E-state index >= 15 is 0 Å². The highest BCUT2D eigenvalue weighted by molar-refractivity contribution is 7.09. The fourth-order valence-corrected chi connectivity index (χ4v) is 3.38. The standard InChI is InChI=1S/C13H14ClN3S/c1-9-16-11(8-18-9)13-3-2-6-17(13)12-4-5-15-7-10(12)14/h4-5,7-8,13H,2-3,6H2,1H3/t13-/m1/s1. The zero-order valence-corrected chi connectivity index (χ0v) is 11.7. The zero-order chi connectivity index (χ0) is 12.5. The molecule has 0 aliphatic carbocycles. The second-order valence-corrected chi connectivity index (χ2v) is 5.94. The Morgan fingerprint density at radius 1 is 1.50 bits per heavy atom. The van der Waals surface area contributed by atoms with Crippen LogP contribution < -0.4 is 4.90 Å². The number of thiazole rings is 1. The lowest BCUT2D eigenvalue weighted by molar-refractivity contribution is 0.698. The number of halogens is 1. The Hall–Kier alpha value is -1.13. The first-order valence-electron chi connectivity index (χ1n) is 6.04. The summed E-state index contributed by atoms with van der Waals surface area (Å²) in [5.41, 5.74) is 2.24. The minimum absolute atomic E-state index is 0.356. The third kappa shape index (κ3) is 2.10. The van der Waals surface area contributed by atoms with E-state index in [0.717, 1.165) is 28.7 Å². The molecule has 0 amide bonds. The number of hydrogen-bond donors (Lipinski definition) is 0. The van der Waals surface area contributed by atoms with Gasteiger partial charge in [-0.15, -0.1) is 11.3 Å². The molecule has 5 heteroatoms. The third-order valence-electron chi connectivity index (χ3n) is 3.29. The predicted octanol–water partition coefficient (Wildman–Crippen LogP) is 3.84. The van der Waals surface area contributed by atoms with Gasteiger partial charge in [-0.1, -0.05) is 11.6 Å². The SMILES string of the molecule is Cc1nc([C@H]2CCCN2c2ccncc2Cl)cs1. The van der Waals surface area contributed by atoms with E-state index in [1.54, 1.807) is 23.7 Å². The van der Waals surface area contributed by atoms with Gasteiger partial charge in [0.25, 0.3) is 0 Å². The van der Waals surface area contributed by atoms with Crippen LogP contribution in [-0.2, 0) is 0 Å². The van der Waals surface area contributed by atoms with Gasteiger partial charge in [0.2, 0.25) is 0 Å². The number of nitrogens with zero attached hydrogens (tertiary/aromatic N) is 3. The summed E-state index contributed by atoms with van der Waals surface area (Å²) >= 11 is 7.95. The lowest BCUT2D eigenvalue weighted by atomic mass is 10.1. The Labute approximate surface area is 115 Å². The Morgan fingerprint density at radius 2 is 2.39 bits per heavy atom. The van der Waals surface area contributed by atoms with Gasteiger partial charge in [-0.3, -0.25) is 4.98 Å². The number of pyridine rings is 1. The van der Waals surface area contributed by atoms with Crippen LogP contribution in [0.1, 0.15) is 29.6 Å². The summed E-state index contributed by atoms with van der Waals surface area (Å²) in [5.74, 6) is 0. The van der Waals surface area contributed by atoms with E-state index in [0.29, 0.717) is 6.04 Å². The van der Waals surface area contributed by atoms with Gasteiger partial charge in [-0.2, -0.15) is 0 Å². The molecule has 18 heavy (non-hydrogen) atoms. The largest absolute Gasteiger partial charge is 0.362 e. The van der Waals surface area contributed by atoms with Crippen molar-refractivity contribution in [2.45, 2.75) is 25.8 Å². The summed E-state index contributed by atoms with van der Waals surface area (Å²) in [4.78, 5) is 11.0. The molecule has 1 fully saturated rings. The topological polar surface area (TPSA) is 29.0 Å². The second-order valence-electron chi connectivity index (χ2n) is 4.47. The molecule has 0 N–H and O–H groups in total. The molecule has 3 nitrogen and oxygen atoms in total. The summed E-state index contributed by atoms with van der Waals surface area (Å²) in [7, 11) is 0. The number of aryl methyl sites for hydroxylation is 1. The minimum Gasteiger partial charge on any atom is -0.362 e. The lowest BCUT2D eigenvalue weighted by Gasteiger charge is -2.26. The van der Waals surface area contributed by atoms with Crippen molar-refractivity contribution in [3.8, 4) is 0 Å². The van der Waals surface area contributed by atoms with Crippen LogP contribution in [0.4, 0.5) is 5.69 Å². The van der Waals surface area contributed by atoms with E-state index in [4.69, 9.17) is 11.6 Å². The predicted molar refractivity (Wildman–Crippen MR) is 75.4 cm³/mol. The van der Waals surface area contributed by atoms with Gasteiger partial charge in [0.1, 0.15) is 0 Å². The van der Waals surface area contributed by atoms with E-state index in [9.17, 15) is 0 Å². The molecule has 1 aliphatic rings. The zero-order valence-electron chi connectivity index (χ0n) is 10.1. The van der Waals surface area contributed by atoms with E-state index < -0.39 is 0 Å². The van der Waals surface area contributed by atoms with Gasteiger partial charge in [-0.25, -0.2) is 4.98 Å². The van der Waals surface area contributed by atoms with Crippen molar-refractivity contribution in [2.75, 3.05) is 11.4 Å². The van der Waals surface area contributed by atoms with Gasteiger partial charge in [-0.05, 0) is 25.8 Å². The molecule has 0 aromatic carbocycles. The summed E-state index contributed by atoms with van der Waals surface area (Å²) < 4.78 is 0. The van der Waals surface area contributed by atoms with Crippen molar-refractivity contribution in [1.82, 2.24) is 9.97 Å². The molecule has 1 aliphatic heterocycles. The smallest absolute Gasteiger partial charge is 0.0898 e. The highest BCUT2D eigenvalue weighted by atomic mass is 35.5. The first kappa shape index (κ1) is 11.9. The average molecular weight is 280 g/mol. The molecule has 0 unspecified atom stereocenters. The highest BCUT2D eigenvalue weighted by Gasteiger charge is 2.29. The van der Waals surface area contributed by atoms with Crippen LogP contribution in [0.25, 0.3) is 0 Å². The monoisotopic (exact) mass is 279 g/mol. The van der Waals surface area contributed by atoms with Crippen molar-refractivity contribution in [2.24, 2.45) is 0 Å². The number of rotatable bonds is 2. The summed E-state index contributed by atoms with van der Waals surface area (Å²) in [5, 5.41) is 4.00. The number of aromatic nitrogens is 2. The Bertz CT molecular complexity index is 555. The molecule has 2 aromatic rings. The molecule has 3 heterocycles. The molecule has 0 spiro atoms. The van der Waals surface area contributed by atoms with E-state index in [1.165, 1.54) is 12.1 Å². The average Bonchev–Trinajstić information content (AvgIpc) is 2.98. The summed E-state index contributed by atoms with van der Waals surface area (Å²) in [6.45, 7) is 3.08. The normalized spacial score (nSPS) is 19.4. The van der Waals surface area contributed by atoms with E-state index in [2.05, 4.69) is 20.2 Å². The van der Waals surface area contributed by atoms with Crippen LogP contribution in [0, 0.1) is 6.92 Å². The highest BCUT2D eigenvalue weighted by Crippen LogP contribution is 2.38. The number of anilines is 1. The molecule has 94 valence electrons. The van der Waals surface area contributed by atoms with Crippen LogP contribution >= 0.6 is 22.9 Å². The van der Waals surface area contributed by atoms with E-state index in [-0.39, 0.29) is 0 Å². The maximum absolute atomic E-state index is 6.24. The van der Waals surface area contributed by atoms with Crippen LogP contribution in [0.2, 0.25) is 5.02 Å². The van der Waals surface area contributed by atoms with Gasteiger partial charge >= 0.3 is 0 Å². The molecular formula is C13H14ClN3S. The van der Waals surface area contributed by atoms with Crippen LogP contribution in [0.3, 0.4) is 0 Å². The Kier molecular flexibility index (Phi) is 3.22. The summed E-state index contributed by atoms with van der Waals surface area (Å²) in [6, 6.07) is 2.34. The molecule has 3 rings (SSSR count). The van der Waals surface area contributed by atoms with Crippen molar-refractivity contribution in [3.63, 3.8) is 0 Å². The molecule has 1 saturated heterocycles. The van der Waals surface area contributed by atoms with Crippen molar-refractivity contribution < 1.29 is 0 Å². The lowest BCUT2D eigenvalue weighted by Crippen LogP contribution is -2.23. The Morgan fingerprint density at radius 3 is 3.11 bits per heavy atom. The minimum atomic E-state index is 0.356. The van der Waals surface area contributed by atoms with Crippen molar-refractivity contribution in [1.29, 1.82) is 0 Å². The Balaban J connectivity index is 1.94. The first-order valence-corrected chi connectivity index (χ1v) is 7.29. The molecule has 2 aromatic heterocycles. The molecule has 0 bridgehead atoms. The molecule has 0 radical (unpaired) electrons. The fraction of sp³-hybridized carbons (Fsp3) is 0.385. The molecule has 1 atom stereocenters. The van der Waals surface area contributed by atoms with Gasteiger partial charge in [0.15, 0.2) is 0 Å². The van der Waals surface area contributed by atoms with Crippen molar-refractivity contribution >= 4 is 28.6 Å². The van der Waals surface area contributed by atoms with Gasteiger partial charge < -0.3 is 4.90 Å². The van der Waals surface area contributed by atoms with Gasteiger partial charge in [0, 0.05) is 24.3 Å². The maximum Gasteiger partial charge on any atom is 0.0898 e. The van der Waals surface area contributed by atoms with Crippen LogP contribution in [-0.4, -0.2) is 16.5 Å². The summed E-state index contributed by atoms with van der Waals surface area (Å²) in [6.07, 6.45) is 5.82. The molecule has 0 saturated carbocycles. The quantitative estimate of drug-likeness (QED) is 0.836. The third-order valence-corrected chi connectivity index (χ3v) is 4.37. The van der Waals surface area contributed by atoms with Crippen molar-refractivity contribution in [3.05, 3.63) is 39.6 Å².